The highest BCUT2D eigenvalue weighted by Gasteiger charge is 2.37. The van der Waals surface area contributed by atoms with Gasteiger partial charge < -0.3 is 10.2 Å². The number of fused-ring (bicyclic) bond motifs is 3. The first-order valence-electron chi connectivity index (χ1n) is 6.17. The number of anilines is 1. The zero-order valence-electron chi connectivity index (χ0n) is 10.1. The smallest absolute Gasteiger partial charge is 0.359 e. The van der Waals surface area contributed by atoms with Crippen molar-refractivity contribution < 1.29 is 18.0 Å². The average Bonchev–Trinajstić information content (AvgIpc) is 2.37. The number of hydrogen-bond acceptors (Lipinski definition) is 3. The number of nitrogens with zero attached hydrogens (tertiary/aromatic N) is 1. The molecule has 3 nitrogen and oxygen atoms in total. The molecule has 0 saturated carbocycles. The van der Waals surface area contributed by atoms with Crippen LogP contribution in [0.5, 0.6) is 0 Å². The van der Waals surface area contributed by atoms with E-state index in [2.05, 4.69) is 5.32 Å². The molecule has 1 saturated heterocycles. The van der Waals surface area contributed by atoms with Gasteiger partial charge in [0.1, 0.15) is 6.04 Å². The number of ketones is 1. The van der Waals surface area contributed by atoms with E-state index >= 15 is 0 Å². The number of hydrogen-bond donors (Lipinski definition) is 1. The van der Waals surface area contributed by atoms with Crippen molar-refractivity contribution in [2.45, 2.75) is 18.6 Å². The molecule has 1 aromatic carbocycles. The van der Waals surface area contributed by atoms with Crippen LogP contribution in [0.25, 0.3) is 0 Å². The second kappa shape index (κ2) is 4.23. The summed E-state index contributed by atoms with van der Waals surface area (Å²) in [7, 11) is 0. The number of carbonyl (C=O) groups is 1. The first-order valence-corrected chi connectivity index (χ1v) is 6.17. The first kappa shape index (κ1) is 12.5. The Morgan fingerprint density at radius 2 is 2.11 bits per heavy atom. The fourth-order valence-corrected chi connectivity index (χ4v) is 2.77. The van der Waals surface area contributed by atoms with Gasteiger partial charge in [-0.05, 0) is 23.8 Å². The van der Waals surface area contributed by atoms with E-state index < -0.39 is 11.7 Å². The van der Waals surface area contributed by atoms with E-state index in [1.54, 1.807) is 0 Å². The van der Waals surface area contributed by atoms with Crippen molar-refractivity contribution in [3.63, 3.8) is 0 Å². The third-order valence-electron chi connectivity index (χ3n) is 3.70. The highest BCUT2D eigenvalue weighted by atomic mass is 19.4. The van der Waals surface area contributed by atoms with Crippen LogP contribution in [0.3, 0.4) is 0 Å². The van der Waals surface area contributed by atoms with Crippen molar-refractivity contribution in [3.05, 3.63) is 29.3 Å². The molecule has 0 amide bonds. The molecule has 3 rings (SSSR count). The highest BCUT2D eigenvalue weighted by molar-refractivity contribution is 5.94. The van der Waals surface area contributed by atoms with Crippen molar-refractivity contribution in [2.75, 3.05) is 24.5 Å². The second-order valence-electron chi connectivity index (χ2n) is 4.90. The van der Waals surface area contributed by atoms with E-state index in [0.29, 0.717) is 18.7 Å². The molecule has 1 unspecified atom stereocenters. The van der Waals surface area contributed by atoms with Crippen LogP contribution in [0, 0.1) is 0 Å². The van der Waals surface area contributed by atoms with E-state index in [9.17, 15) is 18.0 Å². The van der Waals surface area contributed by atoms with Crippen LogP contribution in [-0.4, -0.2) is 31.5 Å². The standard InChI is InChI=1S/C13H13F3N2O/c14-13(15,16)9-1-2-10-8(5-9)6-12(19)11-7-17-3-4-18(10)11/h1-2,5,11,17H,3-4,6-7H2. The first-order chi connectivity index (χ1) is 8.97. The van der Waals surface area contributed by atoms with E-state index in [-0.39, 0.29) is 18.2 Å². The minimum atomic E-state index is -4.36. The van der Waals surface area contributed by atoms with Crippen LogP contribution < -0.4 is 10.2 Å². The SMILES string of the molecule is O=C1Cc2cc(C(F)(F)F)ccc2N2CCNCC12. The topological polar surface area (TPSA) is 32.3 Å². The second-order valence-corrected chi connectivity index (χ2v) is 4.90. The minimum Gasteiger partial charge on any atom is -0.359 e. The Labute approximate surface area is 108 Å². The summed E-state index contributed by atoms with van der Waals surface area (Å²) in [4.78, 5) is 13.9. The quantitative estimate of drug-likeness (QED) is 0.777. The molecule has 1 fully saturated rings. The largest absolute Gasteiger partial charge is 0.416 e. The molecule has 2 heterocycles. The Bertz CT molecular complexity index is 527. The maximum atomic E-state index is 12.7. The van der Waals surface area contributed by atoms with Gasteiger partial charge in [-0.1, -0.05) is 0 Å². The van der Waals surface area contributed by atoms with Crippen LogP contribution in [0.15, 0.2) is 18.2 Å². The number of carbonyl (C=O) groups excluding carboxylic acids is 1. The number of nitrogens with one attached hydrogen (secondary N) is 1. The lowest BCUT2D eigenvalue weighted by Gasteiger charge is -2.41. The van der Waals surface area contributed by atoms with Gasteiger partial charge in [0.25, 0.3) is 0 Å². The molecule has 1 N–H and O–H groups in total. The highest BCUT2D eigenvalue weighted by Crippen LogP contribution is 2.36. The molecule has 0 spiro atoms. The summed E-state index contributed by atoms with van der Waals surface area (Å²) in [6.07, 6.45) is -4.28. The van der Waals surface area contributed by atoms with Gasteiger partial charge in [0.15, 0.2) is 5.78 Å². The van der Waals surface area contributed by atoms with Crippen molar-refractivity contribution in [1.82, 2.24) is 5.32 Å². The molecule has 0 aliphatic carbocycles. The summed E-state index contributed by atoms with van der Waals surface area (Å²) in [6.45, 7) is 1.96. The number of benzene rings is 1. The Hall–Kier alpha value is -1.56. The summed E-state index contributed by atoms with van der Waals surface area (Å²) in [5, 5.41) is 3.14. The Kier molecular flexibility index (Phi) is 2.78. The zero-order valence-corrected chi connectivity index (χ0v) is 10.1. The predicted molar refractivity (Wildman–Crippen MR) is 64.2 cm³/mol. The van der Waals surface area contributed by atoms with Gasteiger partial charge in [0.2, 0.25) is 0 Å². The summed E-state index contributed by atoms with van der Waals surface area (Å²) < 4.78 is 38.0. The number of rotatable bonds is 0. The van der Waals surface area contributed by atoms with Gasteiger partial charge in [0.05, 0.1) is 5.56 Å². The molecule has 6 heteroatoms. The van der Waals surface area contributed by atoms with E-state index in [0.717, 1.165) is 24.4 Å². The van der Waals surface area contributed by atoms with Gasteiger partial charge >= 0.3 is 6.18 Å². The summed E-state index contributed by atoms with van der Waals surface area (Å²) in [5.41, 5.74) is 0.560. The van der Waals surface area contributed by atoms with Crippen molar-refractivity contribution >= 4 is 11.5 Å². The molecular formula is C13H13F3N2O. The van der Waals surface area contributed by atoms with Crippen molar-refractivity contribution in [2.24, 2.45) is 0 Å². The van der Waals surface area contributed by atoms with Crippen LogP contribution in [0.2, 0.25) is 0 Å². The Morgan fingerprint density at radius 1 is 1.32 bits per heavy atom. The molecule has 1 aromatic rings. The molecule has 0 radical (unpaired) electrons. The van der Waals surface area contributed by atoms with Crippen molar-refractivity contribution in [3.8, 4) is 0 Å². The van der Waals surface area contributed by atoms with Crippen LogP contribution in [0.4, 0.5) is 18.9 Å². The average molecular weight is 270 g/mol. The molecule has 0 bridgehead atoms. The van der Waals surface area contributed by atoms with E-state index in [4.69, 9.17) is 0 Å². The van der Waals surface area contributed by atoms with Crippen molar-refractivity contribution in [1.29, 1.82) is 0 Å². The lowest BCUT2D eigenvalue weighted by molar-refractivity contribution is -0.137. The van der Waals surface area contributed by atoms with E-state index in [1.165, 1.54) is 6.07 Å². The fourth-order valence-electron chi connectivity index (χ4n) is 2.77. The molecule has 1 atom stereocenters. The van der Waals surface area contributed by atoms with Crippen LogP contribution in [-0.2, 0) is 17.4 Å². The van der Waals surface area contributed by atoms with Gasteiger partial charge in [-0.25, -0.2) is 0 Å². The number of alkyl halides is 3. The molecule has 2 aliphatic rings. The number of halogens is 3. The lowest BCUT2D eigenvalue weighted by atomic mass is 9.92. The van der Waals surface area contributed by atoms with Crippen LogP contribution in [0.1, 0.15) is 11.1 Å². The maximum Gasteiger partial charge on any atom is 0.416 e. The van der Waals surface area contributed by atoms with Gasteiger partial charge in [0, 0.05) is 31.7 Å². The molecule has 0 aromatic heterocycles. The Balaban J connectivity index is 2.03. The third-order valence-corrected chi connectivity index (χ3v) is 3.70. The molecule has 19 heavy (non-hydrogen) atoms. The minimum absolute atomic E-state index is 0.0148. The van der Waals surface area contributed by atoms with Crippen LogP contribution >= 0.6 is 0 Å². The summed E-state index contributed by atoms with van der Waals surface area (Å²) >= 11 is 0. The van der Waals surface area contributed by atoms with Gasteiger partial charge in [-0.15, -0.1) is 0 Å². The predicted octanol–water partition coefficient (Wildman–Crippen LogP) is 1.61. The third kappa shape index (κ3) is 2.10. The monoisotopic (exact) mass is 270 g/mol. The summed E-state index contributed by atoms with van der Waals surface area (Å²) in [5.74, 6) is -0.0148. The Morgan fingerprint density at radius 3 is 2.84 bits per heavy atom. The zero-order chi connectivity index (χ0) is 13.6. The number of Topliss-reactive ketones (excluding diaryl/α,β-unsaturated/α-hetero) is 1. The lowest BCUT2D eigenvalue weighted by Crippen LogP contribution is -2.57. The molecule has 102 valence electrons. The summed E-state index contributed by atoms with van der Waals surface area (Å²) in [6, 6.07) is 3.44. The normalized spacial score (nSPS) is 23.0. The number of piperazine rings is 1. The fraction of sp³-hybridized carbons (Fsp3) is 0.462. The van der Waals surface area contributed by atoms with E-state index in [1.807, 2.05) is 4.90 Å². The maximum absolute atomic E-state index is 12.7. The molecular weight excluding hydrogens is 257 g/mol. The van der Waals surface area contributed by atoms with Gasteiger partial charge in [-0.2, -0.15) is 13.2 Å². The van der Waals surface area contributed by atoms with Gasteiger partial charge in [-0.3, -0.25) is 4.79 Å². The molecule has 2 aliphatic heterocycles.